The van der Waals surface area contributed by atoms with Gasteiger partial charge in [-0.2, -0.15) is 13.2 Å². The number of rotatable bonds is 5. The van der Waals surface area contributed by atoms with Crippen LogP contribution in [0.2, 0.25) is 0 Å². The summed E-state index contributed by atoms with van der Waals surface area (Å²) in [6.45, 7) is 3.99. The number of hydrogen-bond donors (Lipinski definition) is 2. The number of anilines is 2. The van der Waals surface area contributed by atoms with Gasteiger partial charge in [0.05, 0.1) is 23.4 Å². The molecular formula is C28H29F5N4O3. The maximum absolute atomic E-state index is 15.3. The second-order valence-corrected chi connectivity index (χ2v) is 10.3. The number of allylic oxidation sites excluding steroid dienone is 1. The topological polar surface area (TPSA) is 95.7 Å². The van der Waals surface area contributed by atoms with Crippen molar-refractivity contribution < 1.29 is 36.3 Å². The van der Waals surface area contributed by atoms with E-state index in [9.17, 15) is 27.6 Å². The summed E-state index contributed by atoms with van der Waals surface area (Å²) in [6, 6.07) is 8.92. The molecule has 214 valence electrons. The third-order valence-electron chi connectivity index (χ3n) is 7.38. The number of hydrogen-bond acceptors (Lipinski definition) is 4. The van der Waals surface area contributed by atoms with Crippen molar-refractivity contribution in [3.05, 3.63) is 65.2 Å². The van der Waals surface area contributed by atoms with Crippen LogP contribution < -0.4 is 20.9 Å². The molecule has 2 aliphatic heterocycles. The van der Waals surface area contributed by atoms with Crippen molar-refractivity contribution in [1.29, 1.82) is 0 Å². The Hall–Kier alpha value is -3.96. The molecule has 2 aliphatic rings. The highest BCUT2D eigenvalue weighted by Gasteiger charge is 2.43. The van der Waals surface area contributed by atoms with E-state index < -0.39 is 66.0 Å². The number of alkyl halides is 5. The Kier molecular flexibility index (Phi) is 7.91. The van der Waals surface area contributed by atoms with Gasteiger partial charge in [-0.25, -0.2) is 8.78 Å². The molecule has 2 aromatic carbocycles. The van der Waals surface area contributed by atoms with E-state index in [2.05, 4.69) is 5.32 Å². The van der Waals surface area contributed by atoms with Crippen LogP contribution in [0.3, 0.4) is 0 Å². The highest BCUT2D eigenvalue weighted by Crippen LogP contribution is 2.44. The third-order valence-corrected chi connectivity index (χ3v) is 7.38. The average molecular weight is 565 g/mol. The van der Waals surface area contributed by atoms with E-state index in [1.165, 1.54) is 30.3 Å². The van der Waals surface area contributed by atoms with E-state index in [0.717, 1.165) is 17.0 Å². The molecule has 2 atom stereocenters. The molecule has 2 unspecified atom stereocenters. The van der Waals surface area contributed by atoms with Gasteiger partial charge in [0.25, 0.3) is 11.8 Å². The van der Waals surface area contributed by atoms with Crippen LogP contribution in [0.1, 0.15) is 41.8 Å². The van der Waals surface area contributed by atoms with Crippen molar-refractivity contribution in [2.24, 2.45) is 17.6 Å². The lowest BCUT2D eigenvalue weighted by Crippen LogP contribution is -2.35. The molecule has 0 spiro atoms. The number of amides is 3. The molecule has 3 N–H and O–H groups in total. The number of carbonyl (C=O) groups excluding carboxylic acids is 3. The zero-order valence-electron chi connectivity index (χ0n) is 21.9. The van der Waals surface area contributed by atoms with Crippen molar-refractivity contribution in [3.8, 4) is 0 Å². The average Bonchev–Trinajstić information content (AvgIpc) is 3.17. The van der Waals surface area contributed by atoms with Gasteiger partial charge in [-0.15, -0.1) is 0 Å². The second-order valence-electron chi connectivity index (χ2n) is 10.3. The third kappa shape index (κ3) is 5.95. The maximum atomic E-state index is 15.3. The molecule has 0 radical (unpaired) electrons. The van der Waals surface area contributed by atoms with Crippen LogP contribution in [0, 0.1) is 11.8 Å². The first-order chi connectivity index (χ1) is 18.7. The Balaban J connectivity index is 1.76. The molecule has 40 heavy (non-hydrogen) atoms. The van der Waals surface area contributed by atoms with Crippen LogP contribution in [0.4, 0.5) is 33.3 Å². The first-order valence-electron chi connectivity index (χ1n) is 12.7. The van der Waals surface area contributed by atoms with Crippen molar-refractivity contribution in [3.63, 3.8) is 0 Å². The predicted molar refractivity (Wildman–Crippen MR) is 140 cm³/mol. The minimum atomic E-state index is -4.88. The van der Waals surface area contributed by atoms with Crippen molar-refractivity contribution in [1.82, 2.24) is 5.32 Å². The highest BCUT2D eigenvalue weighted by molar-refractivity contribution is 6.10. The lowest BCUT2D eigenvalue weighted by atomic mass is 9.97. The minimum Gasteiger partial charge on any atom is -0.371 e. The van der Waals surface area contributed by atoms with Crippen LogP contribution in [0.5, 0.6) is 0 Å². The molecule has 0 aliphatic carbocycles. The second kappa shape index (κ2) is 10.9. The van der Waals surface area contributed by atoms with Gasteiger partial charge in [0.2, 0.25) is 11.8 Å². The van der Waals surface area contributed by atoms with E-state index in [1.54, 1.807) is 0 Å². The summed E-state index contributed by atoms with van der Waals surface area (Å²) < 4.78 is 73.3. The summed E-state index contributed by atoms with van der Waals surface area (Å²) >= 11 is 0. The number of halogens is 5. The normalized spacial score (nSPS) is 21.6. The summed E-state index contributed by atoms with van der Waals surface area (Å²) in [7, 11) is 0. The molecule has 0 aromatic heterocycles. The Morgan fingerprint density at radius 2 is 1.73 bits per heavy atom. The Morgan fingerprint density at radius 1 is 1.07 bits per heavy atom. The van der Waals surface area contributed by atoms with Gasteiger partial charge in [-0.3, -0.25) is 14.4 Å². The highest BCUT2D eigenvalue weighted by atomic mass is 19.4. The number of fused-ring (bicyclic) bond motifs is 1. The first-order valence-corrected chi connectivity index (χ1v) is 12.7. The zero-order chi connectivity index (χ0) is 29.4. The number of benzene rings is 2. The molecule has 1 fully saturated rings. The monoisotopic (exact) mass is 564 g/mol. The van der Waals surface area contributed by atoms with E-state index >= 15 is 8.78 Å². The molecule has 0 bridgehead atoms. The van der Waals surface area contributed by atoms with Gasteiger partial charge >= 0.3 is 6.18 Å². The Morgan fingerprint density at radius 3 is 2.35 bits per heavy atom. The fourth-order valence-electron chi connectivity index (χ4n) is 5.03. The molecule has 7 nitrogen and oxygen atoms in total. The van der Waals surface area contributed by atoms with Crippen molar-refractivity contribution in [2.75, 3.05) is 36.0 Å². The number of para-hydroxylation sites is 1. The molecule has 3 amide bonds. The van der Waals surface area contributed by atoms with E-state index in [1.807, 2.05) is 18.7 Å². The zero-order valence-corrected chi connectivity index (χ0v) is 21.9. The van der Waals surface area contributed by atoms with Gasteiger partial charge in [0.15, 0.2) is 0 Å². The van der Waals surface area contributed by atoms with Crippen LogP contribution >= 0.6 is 0 Å². The molecule has 2 aromatic rings. The van der Waals surface area contributed by atoms with Gasteiger partial charge in [-0.05, 0) is 36.1 Å². The molecule has 0 saturated carbocycles. The van der Waals surface area contributed by atoms with Gasteiger partial charge in [0.1, 0.15) is 0 Å². The molecule has 2 heterocycles. The van der Waals surface area contributed by atoms with E-state index in [-0.39, 0.29) is 23.1 Å². The van der Waals surface area contributed by atoms with Crippen LogP contribution in [-0.4, -0.2) is 49.8 Å². The van der Waals surface area contributed by atoms with Gasteiger partial charge in [0, 0.05) is 49.0 Å². The molecular weight excluding hydrogens is 535 g/mol. The Labute approximate surface area is 227 Å². The van der Waals surface area contributed by atoms with Crippen molar-refractivity contribution >= 4 is 34.7 Å². The fourth-order valence-corrected chi connectivity index (χ4v) is 5.03. The summed E-state index contributed by atoms with van der Waals surface area (Å²) in [6.07, 6.45) is -5.22. The SMILES string of the molecule is CC1CN(c2ccc(C(=O)N3CCC(F)(F)/C(=C\C(=O)NCC(N)=O)c4ccccc43)c(C(F)(F)F)c2)CC1C. The largest absolute Gasteiger partial charge is 0.417 e. The van der Waals surface area contributed by atoms with E-state index in [4.69, 9.17) is 5.73 Å². The van der Waals surface area contributed by atoms with Crippen LogP contribution in [-0.2, 0) is 15.8 Å². The van der Waals surface area contributed by atoms with Gasteiger partial charge in [-0.1, -0.05) is 32.0 Å². The minimum absolute atomic E-state index is 0.0713. The van der Waals surface area contributed by atoms with E-state index in [0.29, 0.717) is 24.9 Å². The number of carbonyl (C=O) groups is 3. The predicted octanol–water partition coefficient (Wildman–Crippen LogP) is 4.47. The van der Waals surface area contributed by atoms with Gasteiger partial charge < -0.3 is 20.9 Å². The number of primary amides is 1. The van der Waals surface area contributed by atoms with Crippen LogP contribution in [0.15, 0.2) is 48.5 Å². The summed E-state index contributed by atoms with van der Waals surface area (Å²) in [4.78, 5) is 39.6. The van der Waals surface area contributed by atoms with Crippen LogP contribution in [0.25, 0.3) is 5.57 Å². The molecule has 12 heteroatoms. The maximum Gasteiger partial charge on any atom is 0.417 e. The fraction of sp³-hybridized carbons (Fsp3) is 0.393. The summed E-state index contributed by atoms with van der Waals surface area (Å²) in [5.41, 5.74) is 2.49. The number of nitrogens with one attached hydrogen (secondary N) is 1. The lowest BCUT2D eigenvalue weighted by molar-refractivity contribution is -0.137. The van der Waals surface area contributed by atoms with Crippen molar-refractivity contribution in [2.45, 2.75) is 32.4 Å². The molecule has 4 rings (SSSR count). The number of nitrogens with two attached hydrogens (primary N) is 1. The Bertz CT molecular complexity index is 1350. The number of nitrogens with zero attached hydrogens (tertiary/aromatic N) is 2. The smallest absolute Gasteiger partial charge is 0.371 e. The molecule has 1 saturated heterocycles. The lowest BCUT2D eigenvalue weighted by Gasteiger charge is -2.26. The summed E-state index contributed by atoms with van der Waals surface area (Å²) in [5, 5.41) is 2.10. The first kappa shape index (κ1) is 29.0. The standard InChI is InChI=1S/C28H29F5N4O3/c1-16-14-36(15-17(16)2)18-7-8-20(22(11-18)28(31,32)33)26(40)37-10-9-27(29,30)21(12-25(39)35-13-24(34)38)19-5-3-4-6-23(19)37/h3-8,11-12,16-17H,9-10,13-15H2,1-2H3,(H2,34,38)(H,35,39)/b21-12-. The summed E-state index contributed by atoms with van der Waals surface area (Å²) in [5.74, 6) is -6.03. The quantitative estimate of drug-likeness (QED) is 0.414.